The number of amides is 1. The van der Waals surface area contributed by atoms with Crippen LogP contribution in [0.1, 0.15) is 15.6 Å². The van der Waals surface area contributed by atoms with Crippen LogP contribution in [0.2, 0.25) is 0 Å². The number of H-pyrrole nitrogens is 1. The van der Waals surface area contributed by atoms with Crippen LogP contribution >= 0.6 is 11.3 Å². The number of aromatic amines is 1. The van der Waals surface area contributed by atoms with E-state index in [4.69, 9.17) is 0 Å². The Morgan fingerprint density at radius 1 is 1.59 bits per heavy atom. The third-order valence-corrected chi connectivity index (χ3v) is 3.02. The number of nitrogens with zero attached hydrogens (tertiary/aromatic N) is 2. The zero-order valence-electron chi connectivity index (χ0n) is 9.30. The zero-order chi connectivity index (χ0) is 12.1. The number of nitrogens with one attached hydrogen (secondary N) is 2. The Hall–Kier alpha value is -1.95. The molecule has 5 nitrogen and oxygen atoms in total. The molecule has 0 spiro atoms. The summed E-state index contributed by atoms with van der Waals surface area (Å²) < 4.78 is 0. The lowest BCUT2D eigenvalue weighted by Crippen LogP contribution is -2.20. The Bertz CT molecular complexity index is 515. The molecule has 17 heavy (non-hydrogen) atoms. The van der Waals surface area contributed by atoms with Gasteiger partial charge >= 0.3 is 0 Å². The van der Waals surface area contributed by atoms with Gasteiger partial charge in [-0.05, 0) is 25.1 Å². The molecule has 0 bridgehead atoms. The molecule has 0 unspecified atom stereocenters. The minimum Gasteiger partial charge on any atom is -0.345 e. The fourth-order valence-electron chi connectivity index (χ4n) is 1.25. The number of aromatic nitrogens is 3. The maximum Gasteiger partial charge on any atom is 0.244 e. The van der Waals surface area contributed by atoms with Gasteiger partial charge in [-0.2, -0.15) is 5.10 Å². The number of aryl methyl sites for hydroxylation is 1. The second-order valence-corrected chi connectivity index (χ2v) is 4.75. The van der Waals surface area contributed by atoms with E-state index in [0.717, 1.165) is 4.88 Å². The highest BCUT2D eigenvalue weighted by Gasteiger charge is 1.99. The highest BCUT2D eigenvalue weighted by molar-refractivity contribution is 7.12. The van der Waals surface area contributed by atoms with Crippen molar-refractivity contribution in [2.24, 2.45) is 0 Å². The first-order chi connectivity index (χ1) is 8.24. The molecule has 0 atom stereocenters. The maximum absolute atomic E-state index is 11.5. The Labute approximate surface area is 103 Å². The van der Waals surface area contributed by atoms with Crippen molar-refractivity contribution in [2.45, 2.75) is 13.5 Å². The van der Waals surface area contributed by atoms with Gasteiger partial charge in [-0.3, -0.25) is 9.89 Å². The summed E-state index contributed by atoms with van der Waals surface area (Å²) in [6.07, 6.45) is 4.72. The van der Waals surface area contributed by atoms with Crippen molar-refractivity contribution in [3.63, 3.8) is 0 Å². The largest absolute Gasteiger partial charge is 0.345 e. The van der Waals surface area contributed by atoms with Crippen LogP contribution in [0.4, 0.5) is 0 Å². The molecule has 1 amide bonds. The summed E-state index contributed by atoms with van der Waals surface area (Å²) in [5, 5.41) is 9.07. The van der Waals surface area contributed by atoms with Crippen molar-refractivity contribution < 1.29 is 4.79 Å². The third-order valence-electron chi connectivity index (χ3n) is 2.06. The van der Waals surface area contributed by atoms with E-state index >= 15 is 0 Å². The van der Waals surface area contributed by atoms with Crippen molar-refractivity contribution in [1.29, 1.82) is 0 Å². The lowest BCUT2D eigenvalue weighted by atomic mass is 10.4. The first-order valence-corrected chi connectivity index (χ1v) is 5.92. The normalized spacial score (nSPS) is 10.9. The van der Waals surface area contributed by atoms with Gasteiger partial charge in [0.25, 0.3) is 0 Å². The van der Waals surface area contributed by atoms with E-state index < -0.39 is 0 Å². The average Bonchev–Trinajstić information content (AvgIpc) is 2.95. The van der Waals surface area contributed by atoms with Gasteiger partial charge in [0, 0.05) is 15.8 Å². The van der Waals surface area contributed by atoms with E-state index in [1.807, 2.05) is 19.1 Å². The molecule has 2 rings (SSSR count). The summed E-state index contributed by atoms with van der Waals surface area (Å²) in [6, 6.07) is 4.01. The molecule has 6 heteroatoms. The fourth-order valence-corrected chi connectivity index (χ4v) is 2.03. The minimum atomic E-state index is -0.146. The molecule has 0 saturated heterocycles. The van der Waals surface area contributed by atoms with E-state index in [0.29, 0.717) is 12.4 Å². The molecule has 2 N–H and O–H groups in total. The van der Waals surface area contributed by atoms with Crippen LogP contribution in [0.15, 0.2) is 24.5 Å². The van der Waals surface area contributed by atoms with Gasteiger partial charge in [-0.25, -0.2) is 4.98 Å². The van der Waals surface area contributed by atoms with Gasteiger partial charge in [0.1, 0.15) is 12.2 Å². The summed E-state index contributed by atoms with van der Waals surface area (Å²) in [4.78, 5) is 17.7. The van der Waals surface area contributed by atoms with Crippen LogP contribution < -0.4 is 5.32 Å². The lowest BCUT2D eigenvalue weighted by Gasteiger charge is -1.97. The van der Waals surface area contributed by atoms with Gasteiger partial charge in [-0.1, -0.05) is 0 Å². The van der Waals surface area contributed by atoms with Crippen molar-refractivity contribution in [1.82, 2.24) is 20.5 Å². The predicted octanol–water partition coefficient (Wildman–Crippen LogP) is 1.50. The smallest absolute Gasteiger partial charge is 0.244 e. The molecule has 0 radical (unpaired) electrons. The van der Waals surface area contributed by atoms with E-state index in [9.17, 15) is 4.79 Å². The summed E-state index contributed by atoms with van der Waals surface area (Å²) in [5.41, 5.74) is 0. The Morgan fingerprint density at radius 3 is 3.12 bits per heavy atom. The van der Waals surface area contributed by atoms with Crippen LogP contribution in [0.3, 0.4) is 0 Å². The zero-order valence-corrected chi connectivity index (χ0v) is 10.1. The van der Waals surface area contributed by atoms with Crippen LogP contribution in [-0.4, -0.2) is 21.1 Å². The number of hydrogen-bond acceptors (Lipinski definition) is 4. The van der Waals surface area contributed by atoms with Crippen molar-refractivity contribution in [2.75, 3.05) is 0 Å². The molecular formula is C11H12N4OS. The molecule has 2 aromatic rings. The van der Waals surface area contributed by atoms with Gasteiger partial charge in [0.05, 0.1) is 6.54 Å². The topological polar surface area (TPSA) is 70.7 Å². The highest BCUT2D eigenvalue weighted by atomic mass is 32.1. The van der Waals surface area contributed by atoms with Crippen LogP contribution in [0, 0.1) is 6.92 Å². The SMILES string of the molecule is Cc1ccc(/C=C/C(=O)NCc2ncn[nH]2)s1. The number of thiophene rings is 1. The molecule has 0 aliphatic heterocycles. The first-order valence-electron chi connectivity index (χ1n) is 5.10. The lowest BCUT2D eigenvalue weighted by molar-refractivity contribution is -0.116. The van der Waals surface area contributed by atoms with Crippen molar-refractivity contribution in [3.8, 4) is 0 Å². The molecule has 0 aliphatic rings. The Morgan fingerprint density at radius 2 is 2.47 bits per heavy atom. The summed E-state index contributed by atoms with van der Waals surface area (Å²) in [6.45, 7) is 2.39. The monoisotopic (exact) mass is 248 g/mol. The summed E-state index contributed by atoms with van der Waals surface area (Å²) in [7, 11) is 0. The van der Waals surface area contributed by atoms with E-state index in [2.05, 4.69) is 20.5 Å². The van der Waals surface area contributed by atoms with Crippen LogP contribution in [-0.2, 0) is 11.3 Å². The maximum atomic E-state index is 11.5. The Kier molecular flexibility index (Phi) is 3.66. The minimum absolute atomic E-state index is 0.146. The van der Waals surface area contributed by atoms with Crippen LogP contribution in [0.25, 0.3) is 6.08 Å². The van der Waals surface area contributed by atoms with E-state index in [-0.39, 0.29) is 5.91 Å². The molecule has 2 aromatic heterocycles. The number of hydrogen-bond donors (Lipinski definition) is 2. The molecular weight excluding hydrogens is 236 g/mol. The number of carbonyl (C=O) groups is 1. The molecule has 88 valence electrons. The van der Waals surface area contributed by atoms with Gasteiger partial charge in [-0.15, -0.1) is 11.3 Å². The van der Waals surface area contributed by atoms with E-state index in [1.54, 1.807) is 17.4 Å². The first kappa shape index (κ1) is 11.5. The summed E-state index contributed by atoms with van der Waals surface area (Å²) >= 11 is 1.65. The van der Waals surface area contributed by atoms with Gasteiger partial charge in [0.2, 0.25) is 5.91 Å². The third kappa shape index (κ3) is 3.53. The summed E-state index contributed by atoms with van der Waals surface area (Å²) in [5.74, 6) is 0.492. The molecule has 0 aromatic carbocycles. The van der Waals surface area contributed by atoms with E-state index in [1.165, 1.54) is 17.3 Å². The number of carbonyl (C=O) groups excluding carboxylic acids is 1. The molecule has 0 saturated carbocycles. The van der Waals surface area contributed by atoms with Crippen molar-refractivity contribution in [3.05, 3.63) is 40.1 Å². The molecule has 0 aliphatic carbocycles. The Balaban J connectivity index is 1.83. The van der Waals surface area contributed by atoms with Crippen molar-refractivity contribution >= 4 is 23.3 Å². The standard InChI is InChI=1S/C11H12N4OS/c1-8-2-3-9(17-8)4-5-11(16)12-6-10-13-7-14-15-10/h2-5,7H,6H2,1H3,(H,12,16)(H,13,14,15)/b5-4+. The second-order valence-electron chi connectivity index (χ2n) is 3.43. The molecule has 2 heterocycles. The number of rotatable bonds is 4. The van der Waals surface area contributed by atoms with Gasteiger partial charge < -0.3 is 5.32 Å². The molecule has 0 fully saturated rings. The average molecular weight is 248 g/mol. The quantitative estimate of drug-likeness (QED) is 0.806. The predicted molar refractivity (Wildman–Crippen MR) is 66.3 cm³/mol. The van der Waals surface area contributed by atoms with Crippen LogP contribution in [0.5, 0.6) is 0 Å². The highest BCUT2D eigenvalue weighted by Crippen LogP contribution is 2.16. The van der Waals surface area contributed by atoms with Gasteiger partial charge in [0.15, 0.2) is 0 Å². The second kappa shape index (κ2) is 5.40. The fraction of sp³-hybridized carbons (Fsp3) is 0.182.